The molecular weight excluding hydrogens is 448 g/mol. The summed E-state index contributed by atoms with van der Waals surface area (Å²) in [6, 6.07) is 7.20. The first-order chi connectivity index (χ1) is 16.6. The Hall–Kier alpha value is -3.10. The highest BCUT2D eigenvalue weighted by Gasteiger charge is 2.18. The Morgan fingerprint density at radius 2 is 1.40 bits per heavy atom. The van der Waals surface area contributed by atoms with Gasteiger partial charge in [-0.25, -0.2) is 15.0 Å². The SMILES string of the molecule is CCCCCCCCCCCCc1ccc(C(=O)NN=C(NC(=O)O)NC(=O)OC(C)(C)C)cc1. The van der Waals surface area contributed by atoms with Crippen molar-refractivity contribution in [1.82, 2.24) is 16.1 Å². The number of hydrogen-bond donors (Lipinski definition) is 4. The Balaban J connectivity index is 2.43. The Bertz CT molecular complexity index is 816. The van der Waals surface area contributed by atoms with Gasteiger partial charge in [0.05, 0.1) is 0 Å². The number of nitrogens with one attached hydrogen (secondary N) is 3. The third kappa shape index (κ3) is 15.4. The third-order valence-corrected chi connectivity index (χ3v) is 5.15. The monoisotopic (exact) mass is 490 g/mol. The van der Waals surface area contributed by atoms with Crippen LogP contribution >= 0.6 is 0 Å². The van der Waals surface area contributed by atoms with E-state index >= 15 is 0 Å². The van der Waals surface area contributed by atoms with Gasteiger partial charge in [-0.2, -0.15) is 0 Å². The summed E-state index contributed by atoms with van der Waals surface area (Å²) < 4.78 is 5.06. The zero-order valence-corrected chi connectivity index (χ0v) is 21.6. The van der Waals surface area contributed by atoms with Crippen LogP contribution in [0.3, 0.4) is 0 Å². The summed E-state index contributed by atoms with van der Waals surface area (Å²) in [6.45, 7) is 7.23. The van der Waals surface area contributed by atoms with Crippen molar-refractivity contribution in [2.45, 2.75) is 104 Å². The second-order valence-electron chi connectivity index (χ2n) is 9.59. The van der Waals surface area contributed by atoms with Crippen molar-refractivity contribution in [3.8, 4) is 0 Å². The predicted molar refractivity (Wildman–Crippen MR) is 137 cm³/mol. The molecule has 0 aliphatic rings. The number of guanidine groups is 1. The van der Waals surface area contributed by atoms with Gasteiger partial charge in [0, 0.05) is 5.56 Å². The number of alkyl carbamates (subject to hydrolysis) is 1. The van der Waals surface area contributed by atoms with Crippen LogP contribution in [0.15, 0.2) is 29.4 Å². The van der Waals surface area contributed by atoms with E-state index < -0.39 is 29.7 Å². The normalized spacial score (nSPS) is 11.6. The first-order valence-corrected chi connectivity index (χ1v) is 12.6. The number of hydrogen-bond acceptors (Lipinski definition) is 5. The van der Waals surface area contributed by atoms with E-state index in [2.05, 4.69) is 22.8 Å². The molecule has 0 aromatic heterocycles. The molecular formula is C26H42N4O5. The van der Waals surface area contributed by atoms with Crippen molar-refractivity contribution < 1.29 is 24.2 Å². The van der Waals surface area contributed by atoms with E-state index in [1.54, 1.807) is 32.9 Å². The summed E-state index contributed by atoms with van der Waals surface area (Å²) in [7, 11) is 0. The van der Waals surface area contributed by atoms with Gasteiger partial charge in [0.2, 0.25) is 5.96 Å². The molecule has 35 heavy (non-hydrogen) atoms. The van der Waals surface area contributed by atoms with E-state index in [-0.39, 0.29) is 0 Å². The van der Waals surface area contributed by atoms with Crippen LogP contribution in [0.25, 0.3) is 0 Å². The number of carbonyl (C=O) groups is 3. The maximum absolute atomic E-state index is 12.4. The lowest BCUT2D eigenvalue weighted by Gasteiger charge is -2.19. The minimum Gasteiger partial charge on any atom is -0.465 e. The van der Waals surface area contributed by atoms with E-state index in [1.807, 2.05) is 17.4 Å². The fourth-order valence-electron chi connectivity index (χ4n) is 3.40. The molecule has 0 radical (unpaired) electrons. The maximum atomic E-state index is 12.4. The van der Waals surface area contributed by atoms with E-state index in [0.717, 1.165) is 18.4 Å². The summed E-state index contributed by atoms with van der Waals surface area (Å²) >= 11 is 0. The van der Waals surface area contributed by atoms with Gasteiger partial charge in [-0.3, -0.25) is 15.4 Å². The van der Waals surface area contributed by atoms with Gasteiger partial charge >= 0.3 is 12.2 Å². The van der Waals surface area contributed by atoms with Gasteiger partial charge < -0.3 is 9.84 Å². The van der Waals surface area contributed by atoms with E-state index in [0.29, 0.717) is 5.56 Å². The number of nitrogens with zero attached hydrogens (tertiary/aromatic N) is 1. The highest BCUT2D eigenvalue weighted by atomic mass is 16.6. The number of unbranched alkanes of at least 4 members (excludes halogenated alkanes) is 9. The zero-order chi connectivity index (χ0) is 26.1. The summed E-state index contributed by atoms with van der Waals surface area (Å²) in [5, 5.41) is 16.6. The topological polar surface area (TPSA) is 129 Å². The Labute approximate surface area is 209 Å². The number of carboxylic acid groups (broad SMARTS) is 1. The summed E-state index contributed by atoms with van der Waals surface area (Å²) in [6.07, 6.45) is 11.5. The average Bonchev–Trinajstić information content (AvgIpc) is 2.77. The van der Waals surface area contributed by atoms with Crippen LogP contribution in [-0.2, 0) is 11.2 Å². The number of carbonyl (C=O) groups excluding carboxylic acids is 2. The summed E-state index contributed by atoms with van der Waals surface area (Å²) in [4.78, 5) is 35.2. The van der Waals surface area contributed by atoms with Crippen molar-refractivity contribution in [3.05, 3.63) is 35.4 Å². The largest absolute Gasteiger partial charge is 0.465 e. The number of benzene rings is 1. The quantitative estimate of drug-likeness (QED) is 0.118. The van der Waals surface area contributed by atoms with Gasteiger partial charge in [-0.05, 0) is 51.3 Å². The lowest BCUT2D eigenvalue weighted by atomic mass is 10.0. The number of ether oxygens (including phenoxy) is 1. The van der Waals surface area contributed by atoms with Crippen molar-refractivity contribution in [2.75, 3.05) is 0 Å². The second-order valence-corrected chi connectivity index (χ2v) is 9.59. The van der Waals surface area contributed by atoms with Crippen LogP contribution in [0.2, 0.25) is 0 Å². The molecule has 0 heterocycles. The van der Waals surface area contributed by atoms with Crippen molar-refractivity contribution in [1.29, 1.82) is 0 Å². The number of amides is 3. The number of hydrazone groups is 1. The van der Waals surface area contributed by atoms with Crippen LogP contribution in [0.5, 0.6) is 0 Å². The van der Waals surface area contributed by atoms with Crippen LogP contribution in [-0.4, -0.2) is 34.8 Å². The molecule has 0 saturated heterocycles. The molecule has 0 bridgehead atoms. The van der Waals surface area contributed by atoms with Gasteiger partial charge in [0.25, 0.3) is 5.91 Å². The van der Waals surface area contributed by atoms with Gasteiger partial charge in [-0.1, -0.05) is 76.8 Å². The Morgan fingerprint density at radius 3 is 1.91 bits per heavy atom. The fourth-order valence-corrected chi connectivity index (χ4v) is 3.40. The molecule has 0 saturated carbocycles. The van der Waals surface area contributed by atoms with Crippen molar-refractivity contribution in [3.63, 3.8) is 0 Å². The fraction of sp³-hybridized carbons (Fsp3) is 0.615. The highest BCUT2D eigenvalue weighted by Crippen LogP contribution is 2.13. The zero-order valence-electron chi connectivity index (χ0n) is 21.6. The Morgan fingerprint density at radius 1 is 0.857 bits per heavy atom. The molecule has 0 spiro atoms. The third-order valence-electron chi connectivity index (χ3n) is 5.15. The van der Waals surface area contributed by atoms with Crippen molar-refractivity contribution in [2.24, 2.45) is 5.10 Å². The van der Waals surface area contributed by atoms with Gasteiger partial charge in [0.15, 0.2) is 0 Å². The molecule has 1 aromatic rings. The lowest BCUT2D eigenvalue weighted by molar-refractivity contribution is 0.0560. The van der Waals surface area contributed by atoms with Crippen LogP contribution in [0.1, 0.15) is 108 Å². The summed E-state index contributed by atoms with van der Waals surface area (Å²) in [5.74, 6) is -1.01. The van der Waals surface area contributed by atoms with E-state index in [9.17, 15) is 14.4 Å². The molecule has 0 unspecified atom stereocenters. The molecule has 4 N–H and O–H groups in total. The van der Waals surface area contributed by atoms with Gasteiger partial charge in [0.1, 0.15) is 5.60 Å². The average molecular weight is 491 g/mol. The van der Waals surface area contributed by atoms with Gasteiger partial charge in [-0.15, -0.1) is 5.10 Å². The predicted octanol–water partition coefficient (Wildman–Crippen LogP) is 5.94. The highest BCUT2D eigenvalue weighted by molar-refractivity contribution is 6.02. The molecule has 196 valence electrons. The molecule has 0 aliphatic heterocycles. The van der Waals surface area contributed by atoms with Crippen LogP contribution < -0.4 is 16.1 Å². The van der Waals surface area contributed by atoms with Crippen LogP contribution in [0, 0.1) is 0 Å². The maximum Gasteiger partial charge on any atom is 0.414 e. The van der Waals surface area contributed by atoms with Crippen molar-refractivity contribution >= 4 is 24.1 Å². The molecule has 9 nitrogen and oxygen atoms in total. The van der Waals surface area contributed by atoms with E-state index in [4.69, 9.17) is 9.84 Å². The van der Waals surface area contributed by atoms with Crippen LogP contribution in [0.4, 0.5) is 9.59 Å². The molecule has 1 aromatic carbocycles. The molecule has 0 fully saturated rings. The standard InChI is InChI=1S/C26H42N4O5/c1-5-6-7-8-9-10-11-12-13-14-15-20-16-18-21(19-17-20)22(31)29-30-23(27-24(32)33)28-25(34)35-26(2,3)4/h16-19H,5-15H2,1-4H3,(H,29,31)(H,32,33)(H2,27,28,30,34). The smallest absolute Gasteiger partial charge is 0.414 e. The molecule has 3 amide bonds. The number of rotatable bonds is 13. The first kappa shape index (κ1) is 29.9. The molecule has 0 atom stereocenters. The first-order valence-electron chi connectivity index (χ1n) is 12.6. The molecule has 9 heteroatoms. The van der Waals surface area contributed by atoms with E-state index in [1.165, 1.54) is 57.8 Å². The Kier molecular flexibility index (Phi) is 14.1. The number of aryl methyl sites for hydroxylation is 1. The molecule has 1 rings (SSSR count). The minimum absolute atomic E-state index is 0.368. The molecule has 0 aliphatic carbocycles. The minimum atomic E-state index is -1.45. The summed E-state index contributed by atoms with van der Waals surface area (Å²) in [5.41, 5.74) is 2.98. The second kappa shape index (κ2) is 16.5. The lowest BCUT2D eigenvalue weighted by Crippen LogP contribution is -2.46.